The predicted octanol–water partition coefficient (Wildman–Crippen LogP) is 2.76. The van der Waals surface area contributed by atoms with Gasteiger partial charge in [-0.05, 0) is 43.4 Å². The zero-order valence-corrected chi connectivity index (χ0v) is 12.8. The van der Waals surface area contributed by atoms with Gasteiger partial charge in [0.2, 0.25) is 0 Å². The molecule has 1 amide bonds. The lowest BCUT2D eigenvalue weighted by Gasteiger charge is -2.36. The molecule has 2 atom stereocenters. The first-order chi connectivity index (χ1) is 10.7. The van der Waals surface area contributed by atoms with Crippen LogP contribution in [0.3, 0.4) is 0 Å². The number of halogens is 1. The van der Waals surface area contributed by atoms with Gasteiger partial charge in [-0.25, -0.2) is 4.39 Å². The number of hydrogen-bond donors (Lipinski definition) is 0. The molecule has 1 aromatic carbocycles. The zero-order valence-electron chi connectivity index (χ0n) is 12.8. The van der Waals surface area contributed by atoms with Gasteiger partial charge >= 0.3 is 0 Å². The number of carbonyl (C=O) groups excluding carboxylic acids is 1. The first-order valence-corrected chi connectivity index (χ1v) is 7.95. The Bertz CT molecular complexity index is 530. The highest BCUT2D eigenvalue weighted by molar-refractivity contribution is 5.97. The van der Waals surface area contributed by atoms with Gasteiger partial charge in [0.15, 0.2) is 0 Å². The summed E-state index contributed by atoms with van der Waals surface area (Å²) in [6.45, 7) is 3.90. The molecule has 2 heterocycles. The van der Waals surface area contributed by atoms with E-state index in [2.05, 4.69) is 0 Å². The van der Waals surface area contributed by atoms with E-state index >= 15 is 0 Å². The molecular formula is C17H22FNO3. The van der Waals surface area contributed by atoms with Gasteiger partial charge in [-0.15, -0.1) is 0 Å². The summed E-state index contributed by atoms with van der Waals surface area (Å²) < 4.78 is 24.6. The molecule has 1 aromatic rings. The third-order valence-corrected chi connectivity index (χ3v) is 4.51. The van der Waals surface area contributed by atoms with Crippen LogP contribution in [0.2, 0.25) is 0 Å². The van der Waals surface area contributed by atoms with E-state index in [0.717, 1.165) is 19.3 Å². The van der Waals surface area contributed by atoms with Crippen LogP contribution in [0.1, 0.15) is 26.2 Å². The fourth-order valence-electron chi connectivity index (χ4n) is 3.24. The Kier molecular flexibility index (Phi) is 4.74. The van der Waals surface area contributed by atoms with E-state index < -0.39 is 6.10 Å². The van der Waals surface area contributed by atoms with Crippen molar-refractivity contribution in [2.24, 2.45) is 5.92 Å². The van der Waals surface area contributed by atoms with Gasteiger partial charge in [0, 0.05) is 31.5 Å². The number of anilines is 1. The number of carbonyl (C=O) groups is 1. The molecule has 4 nitrogen and oxygen atoms in total. The second-order valence-corrected chi connectivity index (χ2v) is 6.09. The van der Waals surface area contributed by atoms with Crippen LogP contribution >= 0.6 is 0 Å². The molecule has 3 rings (SSSR count). The van der Waals surface area contributed by atoms with Gasteiger partial charge in [0.05, 0.1) is 0 Å². The van der Waals surface area contributed by atoms with Crippen molar-refractivity contribution in [3.8, 4) is 0 Å². The largest absolute Gasteiger partial charge is 0.381 e. The molecule has 0 radical (unpaired) electrons. The molecule has 0 saturated carbocycles. The average molecular weight is 307 g/mol. The lowest BCUT2D eigenvalue weighted by atomic mass is 9.99. The van der Waals surface area contributed by atoms with Crippen molar-refractivity contribution in [1.82, 2.24) is 0 Å². The summed E-state index contributed by atoms with van der Waals surface area (Å²) in [5, 5.41) is 0. The molecule has 5 heteroatoms. The van der Waals surface area contributed by atoms with Crippen LogP contribution in [0.15, 0.2) is 24.3 Å². The molecule has 0 aromatic heterocycles. The van der Waals surface area contributed by atoms with E-state index in [9.17, 15) is 9.18 Å². The molecule has 22 heavy (non-hydrogen) atoms. The van der Waals surface area contributed by atoms with Crippen LogP contribution in [0.4, 0.5) is 10.1 Å². The summed E-state index contributed by atoms with van der Waals surface area (Å²) in [5.41, 5.74) is 0.611. The van der Waals surface area contributed by atoms with Crippen molar-refractivity contribution in [1.29, 1.82) is 0 Å². The predicted molar refractivity (Wildman–Crippen MR) is 81.2 cm³/mol. The van der Waals surface area contributed by atoms with Crippen molar-refractivity contribution in [3.05, 3.63) is 30.1 Å². The molecule has 0 N–H and O–H groups in total. The normalized spacial score (nSPS) is 26.1. The number of hydrogen-bond acceptors (Lipinski definition) is 3. The van der Waals surface area contributed by atoms with E-state index in [1.165, 1.54) is 12.1 Å². The number of benzene rings is 1. The molecule has 2 saturated heterocycles. The Morgan fingerprint density at radius 3 is 2.64 bits per heavy atom. The maximum atomic E-state index is 13.6. The molecule has 2 fully saturated rings. The quantitative estimate of drug-likeness (QED) is 0.862. The molecule has 0 bridgehead atoms. The summed E-state index contributed by atoms with van der Waals surface area (Å²) in [4.78, 5) is 14.7. The lowest BCUT2D eigenvalue weighted by molar-refractivity contribution is -0.129. The van der Waals surface area contributed by atoms with E-state index in [1.807, 2.05) is 6.92 Å². The first-order valence-electron chi connectivity index (χ1n) is 7.95. The summed E-state index contributed by atoms with van der Waals surface area (Å²) in [6, 6.07) is 6.29. The number of rotatable bonds is 3. The van der Waals surface area contributed by atoms with Crippen molar-refractivity contribution >= 4 is 11.6 Å². The van der Waals surface area contributed by atoms with Gasteiger partial charge in [0.25, 0.3) is 5.91 Å². The van der Waals surface area contributed by atoms with Crippen LogP contribution in [0, 0.1) is 11.7 Å². The van der Waals surface area contributed by atoms with Crippen molar-refractivity contribution < 1.29 is 18.7 Å². The Morgan fingerprint density at radius 1 is 1.23 bits per heavy atom. The maximum absolute atomic E-state index is 13.6. The minimum atomic E-state index is -0.425. The maximum Gasteiger partial charge on any atom is 0.256 e. The van der Waals surface area contributed by atoms with Crippen LogP contribution in [-0.2, 0) is 14.3 Å². The van der Waals surface area contributed by atoms with E-state index in [1.54, 1.807) is 17.0 Å². The van der Waals surface area contributed by atoms with Crippen molar-refractivity contribution in [2.75, 3.05) is 24.7 Å². The van der Waals surface area contributed by atoms with Crippen LogP contribution in [-0.4, -0.2) is 37.9 Å². The minimum absolute atomic E-state index is 0.0412. The van der Waals surface area contributed by atoms with Gasteiger partial charge in [-0.3, -0.25) is 4.79 Å². The van der Waals surface area contributed by atoms with Gasteiger partial charge < -0.3 is 14.4 Å². The number of nitrogens with zero attached hydrogens (tertiary/aromatic N) is 1. The van der Waals surface area contributed by atoms with Crippen LogP contribution in [0.25, 0.3) is 0 Å². The number of ether oxygens (including phenoxy) is 2. The standard InChI is InChI=1S/C17H22FNO3/c1-12-5-10-22-16(12)17(20)19(14-6-8-21-9-7-14)15-4-2-3-13(18)11-15/h2-4,11-12,14,16H,5-10H2,1H3/t12-,16+/m0/s1. The first kappa shape index (κ1) is 15.4. The average Bonchev–Trinajstić information content (AvgIpc) is 2.95. The molecule has 2 aliphatic heterocycles. The Balaban J connectivity index is 1.89. The van der Waals surface area contributed by atoms with Crippen LogP contribution in [0.5, 0.6) is 0 Å². The second kappa shape index (κ2) is 6.75. The fraction of sp³-hybridized carbons (Fsp3) is 0.588. The monoisotopic (exact) mass is 307 g/mol. The topological polar surface area (TPSA) is 38.8 Å². The van der Waals surface area contributed by atoms with Gasteiger partial charge in [-0.2, -0.15) is 0 Å². The fourth-order valence-corrected chi connectivity index (χ4v) is 3.24. The van der Waals surface area contributed by atoms with Gasteiger partial charge in [0.1, 0.15) is 11.9 Å². The summed E-state index contributed by atoms with van der Waals surface area (Å²) in [7, 11) is 0. The Morgan fingerprint density at radius 2 is 2.00 bits per heavy atom. The molecule has 120 valence electrons. The van der Waals surface area contributed by atoms with E-state index in [0.29, 0.717) is 25.5 Å². The highest BCUT2D eigenvalue weighted by atomic mass is 19.1. The molecule has 0 aliphatic carbocycles. The molecule has 2 aliphatic rings. The van der Waals surface area contributed by atoms with Crippen molar-refractivity contribution in [3.63, 3.8) is 0 Å². The number of amides is 1. The third-order valence-electron chi connectivity index (χ3n) is 4.51. The highest BCUT2D eigenvalue weighted by Gasteiger charge is 2.37. The Labute approximate surface area is 130 Å². The van der Waals surface area contributed by atoms with Crippen molar-refractivity contribution in [2.45, 2.75) is 38.3 Å². The van der Waals surface area contributed by atoms with E-state index in [-0.39, 0.29) is 23.7 Å². The zero-order chi connectivity index (χ0) is 15.5. The van der Waals surface area contributed by atoms with Gasteiger partial charge in [-0.1, -0.05) is 13.0 Å². The minimum Gasteiger partial charge on any atom is -0.381 e. The highest BCUT2D eigenvalue weighted by Crippen LogP contribution is 2.29. The second-order valence-electron chi connectivity index (χ2n) is 6.09. The van der Waals surface area contributed by atoms with Crippen LogP contribution < -0.4 is 4.90 Å². The summed E-state index contributed by atoms with van der Waals surface area (Å²) >= 11 is 0. The lowest BCUT2D eigenvalue weighted by Crippen LogP contribution is -2.49. The third kappa shape index (κ3) is 3.15. The molecular weight excluding hydrogens is 285 g/mol. The smallest absolute Gasteiger partial charge is 0.256 e. The summed E-state index contributed by atoms with van der Waals surface area (Å²) in [5.74, 6) is -0.186. The SMILES string of the molecule is C[C@H]1CCO[C@H]1C(=O)N(c1cccc(F)c1)C1CCOCC1. The molecule has 0 unspecified atom stereocenters. The Hall–Kier alpha value is -1.46. The molecule has 0 spiro atoms. The summed E-state index contributed by atoms with van der Waals surface area (Å²) in [6.07, 6.45) is 2.00. The van der Waals surface area contributed by atoms with E-state index in [4.69, 9.17) is 9.47 Å².